The highest BCUT2D eigenvalue weighted by molar-refractivity contribution is 5.57. The molecule has 17 heavy (non-hydrogen) atoms. The number of hydrogen-bond donors (Lipinski definition) is 1. The Kier molecular flexibility index (Phi) is 4.06. The van der Waals surface area contributed by atoms with Crippen molar-refractivity contribution < 1.29 is 0 Å². The van der Waals surface area contributed by atoms with E-state index >= 15 is 0 Å². The average Bonchev–Trinajstić information content (AvgIpc) is 2.37. The van der Waals surface area contributed by atoms with Gasteiger partial charge < -0.3 is 10.2 Å². The molecule has 2 nitrogen and oxygen atoms in total. The number of fused-ring (bicyclic) bond motifs is 1. The second-order valence-electron chi connectivity index (χ2n) is 4.85. The molecule has 0 saturated heterocycles. The maximum Gasteiger partial charge on any atom is 0.0398 e. The van der Waals surface area contributed by atoms with Crippen LogP contribution in [0.15, 0.2) is 18.2 Å². The SMILES string of the molecule is CCNC(C)c1ccc2c(c1)CCCN2CC. The van der Waals surface area contributed by atoms with Crippen LogP contribution in [0, 0.1) is 0 Å². The first-order valence-electron chi connectivity index (χ1n) is 6.87. The van der Waals surface area contributed by atoms with Gasteiger partial charge >= 0.3 is 0 Å². The van der Waals surface area contributed by atoms with E-state index in [1.807, 2.05) is 0 Å². The van der Waals surface area contributed by atoms with Crippen LogP contribution in [0.5, 0.6) is 0 Å². The van der Waals surface area contributed by atoms with E-state index in [0.29, 0.717) is 6.04 Å². The van der Waals surface area contributed by atoms with E-state index in [-0.39, 0.29) is 0 Å². The molecular formula is C15H24N2. The molecule has 1 unspecified atom stereocenters. The third-order valence-electron chi connectivity index (χ3n) is 3.71. The number of hydrogen-bond acceptors (Lipinski definition) is 2. The Labute approximate surface area is 105 Å². The Morgan fingerprint density at radius 1 is 1.35 bits per heavy atom. The first-order chi connectivity index (χ1) is 8.26. The monoisotopic (exact) mass is 232 g/mol. The van der Waals surface area contributed by atoms with Crippen LogP contribution < -0.4 is 10.2 Å². The van der Waals surface area contributed by atoms with Gasteiger partial charge in [-0.1, -0.05) is 19.1 Å². The third-order valence-corrected chi connectivity index (χ3v) is 3.71. The zero-order chi connectivity index (χ0) is 12.3. The summed E-state index contributed by atoms with van der Waals surface area (Å²) in [5.41, 5.74) is 4.40. The van der Waals surface area contributed by atoms with Crippen LogP contribution in [0.1, 0.15) is 44.4 Å². The van der Waals surface area contributed by atoms with Crippen molar-refractivity contribution in [2.24, 2.45) is 0 Å². The van der Waals surface area contributed by atoms with Crippen molar-refractivity contribution in [3.05, 3.63) is 29.3 Å². The predicted octanol–water partition coefficient (Wildman–Crippen LogP) is 3.13. The molecule has 0 radical (unpaired) electrons. The van der Waals surface area contributed by atoms with Gasteiger partial charge in [0.05, 0.1) is 0 Å². The summed E-state index contributed by atoms with van der Waals surface area (Å²) in [4.78, 5) is 2.49. The van der Waals surface area contributed by atoms with Gasteiger partial charge in [-0.3, -0.25) is 0 Å². The van der Waals surface area contributed by atoms with Crippen LogP contribution in [0.3, 0.4) is 0 Å². The predicted molar refractivity (Wildman–Crippen MR) is 74.7 cm³/mol. The minimum atomic E-state index is 0.460. The highest BCUT2D eigenvalue weighted by atomic mass is 15.1. The molecule has 0 amide bonds. The Hall–Kier alpha value is -1.02. The minimum absolute atomic E-state index is 0.460. The first-order valence-corrected chi connectivity index (χ1v) is 6.87. The number of nitrogens with zero attached hydrogens (tertiary/aromatic N) is 1. The van der Waals surface area contributed by atoms with Crippen molar-refractivity contribution in [1.29, 1.82) is 0 Å². The lowest BCUT2D eigenvalue weighted by Crippen LogP contribution is -2.29. The van der Waals surface area contributed by atoms with Crippen molar-refractivity contribution >= 4 is 5.69 Å². The molecule has 0 bridgehead atoms. The second-order valence-corrected chi connectivity index (χ2v) is 4.85. The third kappa shape index (κ3) is 2.63. The van der Waals surface area contributed by atoms with Gasteiger partial charge in [-0.05, 0) is 50.4 Å². The lowest BCUT2D eigenvalue weighted by molar-refractivity contribution is 0.596. The van der Waals surface area contributed by atoms with Gasteiger partial charge in [0, 0.05) is 24.8 Å². The van der Waals surface area contributed by atoms with Gasteiger partial charge in [0.15, 0.2) is 0 Å². The fourth-order valence-electron chi connectivity index (χ4n) is 2.72. The molecule has 1 N–H and O–H groups in total. The second kappa shape index (κ2) is 5.54. The average molecular weight is 232 g/mol. The van der Waals surface area contributed by atoms with Crippen molar-refractivity contribution in [1.82, 2.24) is 5.32 Å². The van der Waals surface area contributed by atoms with Gasteiger partial charge in [0.2, 0.25) is 0 Å². The minimum Gasteiger partial charge on any atom is -0.372 e. The molecule has 0 spiro atoms. The largest absolute Gasteiger partial charge is 0.372 e. The molecule has 0 fully saturated rings. The summed E-state index contributed by atoms with van der Waals surface area (Å²) in [5, 5.41) is 3.48. The number of nitrogens with one attached hydrogen (secondary N) is 1. The summed E-state index contributed by atoms with van der Waals surface area (Å²) in [6.07, 6.45) is 2.53. The van der Waals surface area contributed by atoms with E-state index in [2.05, 4.69) is 49.2 Å². The molecule has 2 heteroatoms. The normalized spacial score (nSPS) is 16.8. The van der Waals surface area contributed by atoms with Crippen LogP contribution in [-0.2, 0) is 6.42 Å². The van der Waals surface area contributed by atoms with Crippen molar-refractivity contribution in [3.63, 3.8) is 0 Å². The van der Waals surface area contributed by atoms with E-state index in [4.69, 9.17) is 0 Å². The summed E-state index contributed by atoms with van der Waals surface area (Å²) in [6.45, 7) is 10.0. The summed E-state index contributed by atoms with van der Waals surface area (Å²) in [6, 6.07) is 7.44. The fourth-order valence-corrected chi connectivity index (χ4v) is 2.72. The molecule has 94 valence electrons. The van der Waals surface area contributed by atoms with Crippen LogP contribution in [0.4, 0.5) is 5.69 Å². The number of anilines is 1. The maximum absolute atomic E-state index is 3.48. The topological polar surface area (TPSA) is 15.3 Å². The smallest absolute Gasteiger partial charge is 0.0398 e. The quantitative estimate of drug-likeness (QED) is 0.858. The van der Waals surface area contributed by atoms with Gasteiger partial charge in [-0.25, -0.2) is 0 Å². The lowest BCUT2D eigenvalue weighted by Gasteiger charge is -2.31. The van der Waals surface area contributed by atoms with Gasteiger partial charge in [-0.2, -0.15) is 0 Å². The Bertz CT molecular complexity index is 373. The first kappa shape index (κ1) is 12.4. The van der Waals surface area contributed by atoms with Crippen LogP contribution in [0.25, 0.3) is 0 Å². The number of rotatable bonds is 4. The maximum atomic E-state index is 3.48. The summed E-state index contributed by atoms with van der Waals surface area (Å²) < 4.78 is 0. The standard InChI is InChI=1S/C15H24N2/c1-4-16-12(3)13-8-9-15-14(11-13)7-6-10-17(15)5-2/h8-9,11-12,16H,4-7,10H2,1-3H3. The summed E-state index contributed by atoms with van der Waals surface area (Å²) in [5.74, 6) is 0. The summed E-state index contributed by atoms with van der Waals surface area (Å²) >= 11 is 0. The molecule has 1 aromatic rings. The van der Waals surface area contributed by atoms with Crippen LogP contribution in [0.2, 0.25) is 0 Å². The molecular weight excluding hydrogens is 208 g/mol. The molecule has 0 saturated carbocycles. The van der Waals surface area contributed by atoms with Crippen molar-refractivity contribution in [2.75, 3.05) is 24.5 Å². The van der Waals surface area contributed by atoms with E-state index in [0.717, 1.165) is 13.1 Å². The lowest BCUT2D eigenvalue weighted by atomic mass is 9.97. The Morgan fingerprint density at radius 2 is 2.18 bits per heavy atom. The van der Waals surface area contributed by atoms with Gasteiger partial charge in [0.1, 0.15) is 0 Å². The van der Waals surface area contributed by atoms with E-state index < -0.39 is 0 Å². The van der Waals surface area contributed by atoms with E-state index in [9.17, 15) is 0 Å². The molecule has 0 aromatic heterocycles. The zero-order valence-electron chi connectivity index (χ0n) is 11.3. The van der Waals surface area contributed by atoms with Crippen molar-refractivity contribution in [2.45, 2.75) is 39.7 Å². The molecule has 1 aromatic carbocycles. The molecule has 2 rings (SSSR count). The fraction of sp³-hybridized carbons (Fsp3) is 0.600. The van der Waals surface area contributed by atoms with Crippen LogP contribution >= 0.6 is 0 Å². The molecule has 1 aliphatic heterocycles. The highest BCUT2D eigenvalue weighted by Crippen LogP contribution is 2.29. The zero-order valence-corrected chi connectivity index (χ0v) is 11.3. The van der Waals surface area contributed by atoms with Gasteiger partial charge in [-0.15, -0.1) is 0 Å². The number of benzene rings is 1. The van der Waals surface area contributed by atoms with Crippen LogP contribution in [-0.4, -0.2) is 19.6 Å². The Balaban J connectivity index is 2.24. The Morgan fingerprint density at radius 3 is 2.88 bits per heavy atom. The van der Waals surface area contributed by atoms with E-state index in [1.54, 1.807) is 0 Å². The molecule has 0 aliphatic carbocycles. The molecule has 1 heterocycles. The number of aryl methyl sites for hydroxylation is 1. The summed E-state index contributed by atoms with van der Waals surface area (Å²) in [7, 11) is 0. The van der Waals surface area contributed by atoms with Gasteiger partial charge in [0.25, 0.3) is 0 Å². The molecule has 1 aliphatic rings. The van der Waals surface area contributed by atoms with Crippen molar-refractivity contribution in [3.8, 4) is 0 Å². The molecule has 1 atom stereocenters. The van der Waals surface area contributed by atoms with E-state index in [1.165, 1.54) is 36.2 Å². The highest BCUT2D eigenvalue weighted by Gasteiger charge is 2.16.